The Morgan fingerprint density at radius 3 is 3.25 bits per heavy atom. The van der Waals surface area contributed by atoms with E-state index in [0.29, 0.717) is 0 Å². The lowest BCUT2D eigenvalue weighted by molar-refractivity contribution is 0.301. The van der Waals surface area contributed by atoms with Crippen LogP contribution in [0.15, 0.2) is 17.8 Å². The molecule has 1 rings (SSSR count). The quantitative estimate of drug-likeness (QED) is 0.587. The standard InChI is InChI=1S/C10H18N2/c1-3-8-12-9-6-10(4-2)5-7-11-12/h3,7,10H,1,4-6,8-9H2,2H3. The topological polar surface area (TPSA) is 15.6 Å². The summed E-state index contributed by atoms with van der Waals surface area (Å²) in [6, 6.07) is 0. The van der Waals surface area contributed by atoms with Crippen LogP contribution in [0.3, 0.4) is 0 Å². The van der Waals surface area contributed by atoms with Crippen molar-refractivity contribution in [2.75, 3.05) is 13.1 Å². The van der Waals surface area contributed by atoms with Crippen LogP contribution < -0.4 is 0 Å². The number of nitrogens with zero attached hydrogens (tertiary/aromatic N) is 2. The van der Waals surface area contributed by atoms with Crippen LogP contribution in [0.2, 0.25) is 0 Å². The Morgan fingerprint density at radius 2 is 2.58 bits per heavy atom. The first kappa shape index (κ1) is 9.30. The van der Waals surface area contributed by atoms with Gasteiger partial charge >= 0.3 is 0 Å². The second-order valence-corrected chi connectivity index (χ2v) is 3.30. The predicted octanol–water partition coefficient (Wildman–Crippen LogP) is 2.28. The molecule has 1 unspecified atom stereocenters. The summed E-state index contributed by atoms with van der Waals surface area (Å²) in [7, 11) is 0. The molecule has 0 aliphatic carbocycles. The second-order valence-electron chi connectivity index (χ2n) is 3.30. The van der Waals surface area contributed by atoms with Gasteiger partial charge in [0.2, 0.25) is 0 Å². The van der Waals surface area contributed by atoms with Crippen molar-refractivity contribution in [3.8, 4) is 0 Å². The molecule has 68 valence electrons. The van der Waals surface area contributed by atoms with Gasteiger partial charge in [-0.05, 0) is 18.8 Å². The Hall–Kier alpha value is -0.790. The van der Waals surface area contributed by atoms with Crippen LogP contribution in [0.4, 0.5) is 0 Å². The van der Waals surface area contributed by atoms with E-state index in [-0.39, 0.29) is 0 Å². The Kier molecular flexibility index (Phi) is 3.85. The lowest BCUT2D eigenvalue weighted by Crippen LogP contribution is -2.18. The van der Waals surface area contributed by atoms with E-state index in [4.69, 9.17) is 0 Å². The van der Waals surface area contributed by atoms with Crippen LogP contribution in [0.25, 0.3) is 0 Å². The molecular weight excluding hydrogens is 148 g/mol. The molecule has 0 radical (unpaired) electrons. The minimum absolute atomic E-state index is 0.837. The van der Waals surface area contributed by atoms with Gasteiger partial charge in [0.15, 0.2) is 0 Å². The minimum atomic E-state index is 0.837. The van der Waals surface area contributed by atoms with E-state index in [1.54, 1.807) is 0 Å². The molecule has 0 fully saturated rings. The SMILES string of the molecule is C=CCN1CCC(CC)CC=N1. The average Bonchev–Trinajstić information content (AvgIpc) is 2.31. The number of hydrazone groups is 1. The third-order valence-corrected chi connectivity index (χ3v) is 2.40. The summed E-state index contributed by atoms with van der Waals surface area (Å²) in [5, 5.41) is 6.43. The highest BCUT2D eigenvalue weighted by molar-refractivity contribution is 5.57. The molecule has 0 aromatic carbocycles. The molecule has 0 spiro atoms. The summed E-state index contributed by atoms with van der Waals surface area (Å²) in [5.74, 6) is 0.837. The molecule has 2 heteroatoms. The maximum atomic E-state index is 4.35. The molecule has 2 nitrogen and oxygen atoms in total. The van der Waals surface area contributed by atoms with Crippen molar-refractivity contribution < 1.29 is 0 Å². The van der Waals surface area contributed by atoms with E-state index in [1.165, 1.54) is 12.8 Å². The lowest BCUT2D eigenvalue weighted by atomic mass is 10.00. The molecule has 1 aliphatic rings. The maximum Gasteiger partial charge on any atom is 0.0538 e. The van der Waals surface area contributed by atoms with Gasteiger partial charge in [0.1, 0.15) is 0 Å². The van der Waals surface area contributed by atoms with Gasteiger partial charge in [-0.15, -0.1) is 6.58 Å². The van der Waals surface area contributed by atoms with Gasteiger partial charge in [-0.25, -0.2) is 0 Å². The molecule has 1 atom stereocenters. The van der Waals surface area contributed by atoms with Crippen LogP contribution in [-0.4, -0.2) is 24.3 Å². The van der Waals surface area contributed by atoms with E-state index in [1.807, 2.05) is 12.3 Å². The van der Waals surface area contributed by atoms with Crippen molar-refractivity contribution in [2.24, 2.45) is 11.0 Å². The zero-order valence-corrected chi connectivity index (χ0v) is 7.87. The van der Waals surface area contributed by atoms with Crippen molar-refractivity contribution in [1.29, 1.82) is 0 Å². The largest absolute Gasteiger partial charge is 0.294 e. The van der Waals surface area contributed by atoms with E-state index in [9.17, 15) is 0 Å². The van der Waals surface area contributed by atoms with Gasteiger partial charge in [0.05, 0.1) is 6.54 Å². The third-order valence-electron chi connectivity index (χ3n) is 2.40. The van der Waals surface area contributed by atoms with Gasteiger partial charge < -0.3 is 0 Å². The highest BCUT2D eigenvalue weighted by Gasteiger charge is 2.10. The molecule has 1 aliphatic heterocycles. The molecule has 0 bridgehead atoms. The third kappa shape index (κ3) is 2.68. The smallest absolute Gasteiger partial charge is 0.0538 e. The first-order chi connectivity index (χ1) is 5.86. The molecule has 0 aromatic rings. The predicted molar refractivity (Wildman–Crippen MR) is 53.3 cm³/mol. The molecule has 0 saturated carbocycles. The Balaban J connectivity index is 2.37. The number of hydrogen-bond acceptors (Lipinski definition) is 2. The number of rotatable bonds is 3. The zero-order valence-electron chi connectivity index (χ0n) is 7.87. The first-order valence-electron chi connectivity index (χ1n) is 4.75. The van der Waals surface area contributed by atoms with Gasteiger partial charge in [-0.1, -0.05) is 19.4 Å². The summed E-state index contributed by atoms with van der Waals surface area (Å²) < 4.78 is 0. The fourth-order valence-electron chi connectivity index (χ4n) is 1.48. The van der Waals surface area contributed by atoms with E-state index in [0.717, 1.165) is 25.4 Å². The molecular formula is C10H18N2. The normalized spacial score (nSPS) is 23.8. The van der Waals surface area contributed by atoms with Crippen LogP contribution in [0.5, 0.6) is 0 Å². The highest BCUT2D eigenvalue weighted by Crippen LogP contribution is 2.15. The number of hydrogen-bond donors (Lipinski definition) is 0. The van der Waals surface area contributed by atoms with Gasteiger partial charge in [-0.3, -0.25) is 5.01 Å². The average molecular weight is 166 g/mol. The van der Waals surface area contributed by atoms with Gasteiger partial charge in [-0.2, -0.15) is 5.10 Å². The second kappa shape index (κ2) is 4.96. The highest BCUT2D eigenvalue weighted by atomic mass is 15.4. The molecule has 1 heterocycles. The van der Waals surface area contributed by atoms with Crippen LogP contribution in [0, 0.1) is 5.92 Å². The molecule has 0 N–H and O–H groups in total. The van der Waals surface area contributed by atoms with Crippen LogP contribution in [0.1, 0.15) is 26.2 Å². The summed E-state index contributed by atoms with van der Waals surface area (Å²) in [4.78, 5) is 0. The summed E-state index contributed by atoms with van der Waals surface area (Å²) in [6.07, 6.45) is 7.64. The van der Waals surface area contributed by atoms with Crippen LogP contribution >= 0.6 is 0 Å². The first-order valence-corrected chi connectivity index (χ1v) is 4.75. The van der Waals surface area contributed by atoms with E-state index >= 15 is 0 Å². The Bertz CT molecular complexity index is 163. The molecule has 12 heavy (non-hydrogen) atoms. The summed E-state index contributed by atoms with van der Waals surface area (Å²) >= 11 is 0. The molecule has 0 saturated heterocycles. The Labute approximate surface area is 75.0 Å². The van der Waals surface area contributed by atoms with Crippen molar-refractivity contribution >= 4 is 6.21 Å². The minimum Gasteiger partial charge on any atom is -0.294 e. The maximum absolute atomic E-state index is 4.35. The van der Waals surface area contributed by atoms with E-state index < -0.39 is 0 Å². The summed E-state index contributed by atoms with van der Waals surface area (Å²) in [5.41, 5.74) is 0. The van der Waals surface area contributed by atoms with Crippen molar-refractivity contribution in [3.63, 3.8) is 0 Å². The van der Waals surface area contributed by atoms with Crippen LogP contribution in [-0.2, 0) is 0 Å². The van der Waals surface area contributed by atoms with Gasteiger partial charge in [0, 0.05) is 12.8 Å². The molecule has 0 amide bonds. The van der Waals surface area contributed by atoms with Crippen molar-refractivity contribution in [2.45, 2.75) is 26.2 Å². The van der Waals surface area contributed by atoms with Gasteiger partial charge in [0.25, 0.3) is 0 Å². The fraction of sp³-hybridized carbons (Fsp3) is 0.700. The lowest BCUT2D eigenvalue weighted by Gasteiger charge is -2.16. The Morgan fingerprint density at radius 1 is 1.75 bits per heavy atom. The monoisotopic (exact) mass is 166 g/mol. The van der Waals surface area contributed by atoms with Crippen molar-refractivity contribution in [3.05, 3.63) is 12.7 Å². The fourth-order valence-corrected chi connectivity index (χ4v) is 1.48. The molecule has 0 aromatic heterocycles. The van der Waals surface area contributed by atoms with E-state index in [2.05, 4.69) is 23.6 Å². The zero-order chi connectivity index (χ0) is 8.81. The van der Waals surface area contributed by atoms with Crippen molar-refractivity contribution in [1.82, 2.24) is 5.01 Å². The summed E-state index contributed by atoms with van der Waals surface area (Å²) in [6.45, 7) is 7.93.